The first-order valence-electron chi connectivity index (χ1n) is 7.11. The van der Waals surface area contributed by atoms with Crippen molar-refractivity contribution in [1.29, 1.82) is 0 Å². The number of rotatable bonds is 5. The monoisotopic (exact) mass is 225 g/mol. The predicted octanol–water partition coefficient (Wildman–Crippen LogP) is 4.49. The Labute approximate surface area is 103 Å². The first-order valence-corrected chi connectivity index (χ1v) is 7.11. The Morgan fingerprint density at radius 3 is 2.56 bits per heavy atom. The first-order chi connectivity index (χ1) is 7.72. The van der Waals surface area contributed by atoms with Crippen molar-refractivity contribution in [3.8, 4) is 0 Å². The molecule has 1 heteroatoms. The van der Waals surface area contributed by atoms with Crippen LogP contribution in [-0.2, 0) is 0 Å². The topological polar surface area (TPSA) is 3.24 Å². The third kappa shape index (κ3) is 7.05. The second-order valence-electron chi connectivity index (χ2n) is 4.80. The zero-order chi connectivity index (χ0) is 12.4. The third-order valence-electron chi connectivity index (χ3n) is 3.13. The molecule has 1 saturated heterocycles. The number of hydrogen-bond acceptors (Lipinski definition) is 1. The summed E-state index contributed by atoms with van der Waals surface area (Å²) >= 11 is 0. The molecule has 0 N–H and O–H groups in total. The van der Waals surface area contributed by atoms with E-state index in [2.05, 4.69) is 25.3 Å². The lowest BCUT2D eigenvalue weighted by atomic mass is 9.99. The second-order valence-corrected chi connectivity index (χ2v) is 4.80. The number of nitrogens with zero attached hydrogens (tertiary/aromatic N) is 1. The average molecular weight is 225 g/mol. The fourth-order valence-corrected chi connectivity index (χ4v) is 2.28. The minimum absolute atomic E-state index is 0.906. The molecule has 0 aromatic carbocycles. The summed E-state index contributed by atoms with van der Waals surface area (Å²) in [6.07, 6.45) is 6.48. The molecule has 1 nitrogen and oxygen atoms in total. The van der Waals surface area contributed by atoms with Crippen molar-refractivity contribution >= 4 is 0 Å². The van der Waals surface area contributed by atoms with Crippen LogP contribution >= 0.6 is 0 Å². The van der Waals surface area contributed by atoms with Gasteiger partial charge < -0.3 is 4.90 Å². The van der Waals surface area contributed by atoms with Crippen LogP contribution in [0, 0.1) is 5.92 Å². The predicted molar refractivity (Wildman–Crippen MR) is 74.9 cm³/mol. The van der Waals surface area contributed by atoms with Crippen LogP contribution in [0.1, 0.15) is 59.8 Å². The maximum absolute atomic E-state index is 4.12. The molecule has 1 rings (SSSR count). The maximum Gasteiger partial charge on any atom is 0.00186 e. The summed E-state index contributed by atoms with van der Waals surface area (Å²) in [4.78, 5) is 2.61. The average Bonchev–Trinajstić information content (AvgIpc) is 2.30. The molecule has 0 spiro atoms. The van der Waals surface area contributed by atoms with E-state index in [1.165, 1.54) is 57.3 Å². The van der Waals surface area contributed by atoms with E-state index >= 15 is 0 Å². The maximum atomic E-state index is 4.12. The van der Waals surface area contributed by atoms with Gasteiger partial charge in [-0.3, -0.25) is 0 Å². The Morgan fingerprint density at radius 2 is 2.00 bits per heavy atom. The molecular weight excluding hydrogens is 194 g/mol. The van der Waals surface area contributed by atoms with Gasteiger partial charge in [0.05, 0.1) is 0 Å². The molecule has 1 aliphatic heterocycles. The van der Waals surface area contributed by atoms with Gasteiger partial charge >= 0.3 is 0 Å². The summed E-state index contributed by atoms with van der Waals surface area (Å²) in [6.45, 7) is 16.6. The van der Waals surface area contributed by atoms with Crippen LogP contribution in [0.15, 0.2) is 12.2 Å². The van der Waals surface area contributed by atoms with Crippen molar-refractivity contribution < 1.29 is 0 Å². The quantitative estimate of drug-likeness (QED) is 0.623. The Morgan fingerprint density at radius 1 is 1.31 bits per heavy atom. The molecule has 1 unspecified atom stereocenters. The van der Waals surface area contributed by atoms with E-state index in [-0.39, 0.29) is 0 Å². The van der Waals surface area contributed by atoms with Gasteiger partial charge in [0.15, 0.2) is 0 Å². The molecule has 0 radical (unpaired) electrons. The van der Waals surface area contributed by atoms with Gasteiger partial charge in [0.25, 0.3) is 0 Å². The molecular formula is C15H31N. The fraction of sp³-hybridized carbons (Fsp3) is 0.867. The van der Waals surface area contributed by atoms with Gasteiger partial charge in [-0.25, -0.2) is 0 Å². The van der Waals surface area contributed by atoms with Crippen LogP contribution in [-0.4, -0.2) is 24.5 Å². The van der Waals surface area contributed by atoms with Crippen molar-refractivity contribution in [3.05, 3.63) is 12.2 Å². The van der Waals surface area contributed by atoms with Gasteiger partial charge in [0.2, 0.25) is 0 Å². The van der Waals surface area contributed by atoms with Gasteiger partial charge in [-0.2, -0.15) is 0 Å². The molecule has 1 heterocycles. The van der Waals surface area contributed by atoms with Crippen LogP contribution in [0.4, 0.5) is 0 Å². The number of likely N-dealkylation sites (tertiary alicyclic amines) is 1. The minimum atomic E-state index is 0.906. The standard InChI is InChI=1S/C13H25N.C2H6/c1-4-6-12(2)8-10-14-9-5-7-13(3)11-14;1-2/h13H,2,4-11H2,1,3H3;1-2H3. The molecule has 1 atom stereocenters. The summed E-state index contributed by atoms with van der Waals surface area (Å²) in [7, 11) is 0. The van der Waals surface area contributed by atoms with Crippen LogP contribution < -0.4 is 0 Å². The number of piperidine rings is 1. The number of hydrogen-bond donors (Lipinski definition) is 0. The Balaban J connectivity index is 0.00000106. The molecule has 0 aliphatic carbocycles. The molecule has 0 amide bonds. The van der Waals surface area contributed by atoms with Crippen LogP contribution in [0.25, 0.3) is 0 Å². The Hall–Kier alpha value is -0.300. The highest BCUT2D eigenvalue weighted by Gasteiger charge is 2.15. The molecule has 0 bridgehead atoms. The van der Waals surface area contributed by atoms with E-state index < -0.39 is 0 Å². The van der Waals surface area contributed by atoms with Crippen LogP contribution in [0.2, 0.25) is 0 Å². The van der Waals surface area contributed by atoms with Crippen molar-refractivity contribution in [1.82, 2.24) is 4.90 Å². The molecule has 1 aliphatic rings. The summed E-state index contributed by atoms with van der Waals surface area (Å²) < 4.78 is 0. The normalized spacial score (nSPS) is 21.1. The largest absolute Gasteiger partial charge is 0.303 e. The molecule has 16 heavy (non-hydrogen) atoms. The summed E-state index contributed by atoms with van der Waals surface area (Å²) in [5.74, 6) is 0.906. The molecule has 0 aromatic rings. The van der Waals surface area contributed by atoms with Gasteiger partial charge in [-0.1, -0.05) is 46.3 Å². The SMILES string of the molecule is C=C(CCC)CCN1CCCC(C)C1.CC. The molecule has 1 fully saturated rings. The van der Waals surface area contributed by atoms with E-state index in [1.807, 2.05) is 13.8 Å². The van der Waals surface area contributed by atoms with Crippen LogP contribution in [0.5, 0.6) is 0 Å². The highest BCUT2D eigenvalue weighted by atomic mass is 15.1. The van der Waals surface area contributed by atoms with E-state index in [9.17, 15) is 0 Å². The van der Waals surface area contributed by atoms with Crippen molar-refractivity contribution in [2.75, 3.05) is 19.6 Å². The highest BCUT2D eigenvalue weighted by molar-refractivity contribution is 4.94. The van der Waals surface area contributed by atoms with Crippen LogP contribution in [0.3, 0.4) is 0 Å². The van der Waals surface area contributed by atoms with Crippen molar-refractivity contribution in [2.24, 2.45) is 5.92 Å². The van der Waals surface area contributed by atoms with Crippen molar-refractivity contribution in [2.45, 2.75) is 59.8 Å². The summed E-state index contributed by atoms with van der Waals surface area (Å²) in [5, 5.41) is 0. The smallest absolute Gasteiger partial charge is 0.00186 e. The Bertz CT molecular complexity index is 174. The minimum Gasteiger partial charge on any atom is -0.303 e. The third-order valence-corrected chi connectivity index (χ3v) is 3.13. The van der Waals surface area contributed by atoms with Crippen molar-refractivity contribution in [3.63, 3.8) is 0 Å². The van der Waals surface area contributed by atoms with E-state index in [1.54, 1.807) is 0 Å². The Kier molecular flexibility index (Phi) is 9.71. The summed E-state index contributed by atoms with van der Waals surface area (Å²) in [5.41, 5.74) is 1.44. The van der Waals surface area contributed by atoms with E-state index in [0.717, 1.165) is 5.92 Å². The molecule has 0 aromatic heterocycles. The second kappa shape index (κ2) is 9.89. The van der Waals surface area contributed by atoms with E-state index in [4.69, 9.17) is 0 Å². The summed E-state index contributed by atoms with van der Waals surface area (Å²) in [6, 6.07) is 0. The zero-order valence-electron chi connectivity index (χ0n) is 11.9. The fourth-order valence-electron chi connectivity index (χ4n) is 2.28. The lowest BCUT2D eigenvalue weighted by Crippen LogP contribution is -2.35. The lowest BCUT2D eigenvalue weighted by molar-refractivity contribution is 0.185. The van der Waals surface area contributed by atoms with Gasteiger partial charge in [-0.05, 0) is 38.1 Å². The lowest BCUT2D eigenvalue weighted by Gasteiger charge is -2.30. The van der Waals surface area contributed by atoms with Gasteiger partial charge in [-0.15, -0.1) is 0 Å². The molecule has 96 valence electrons. The van der Waals surface area contributed by atoms with Gasteiger partial charge in [0.1, 0.15) is 0 Å². The first kappa shape index (κ1) is 15.7. The molecule has 0 saturated carbocycles. The van der Waals surface area contributed by atoms with E-state index in [0.29, 0.717) is 0 Å². The zero-order valence-corrected chi connectivity index (χ0v) is 11.9. The highest BCUT2D eigenvalue weighted by Crippen LogP contribution is 2.17. The van der Waals surface area contributed by atoms with Gasteiger partial charge in [0, 0.05) is 13.1 Å².